The minimum atomic E-state index is -0.0917. The van der Waals surface area contributed by atoms with E-state index in [1.807, 2.05) is 13.0 Å². The molecule has 66 valence electrons. The molecule has 12 heavy (non-hydrogen) atoms. The van der Waals surface area contributed by atoms with Gasteiger partial charge < -0.3 is 15.6 Å². The molecule has 3 heteroatoms. The molecule has 1 aromatic carbocycles. The second-order valence-electron chi connectivity index (χ2n) is 2.75. The average molecular weight is 167 g/mol. The third-order valence-corrected chi connectivity index (χ3v) is 1.68. The lowest BCUT2D eigenvalue weighted by Gasteiger charge is -2.08. The predicted octanol–water partition coefficient (Wildman–Crippen LogP) is 1.42. The van der Waals surface area contributed by atoms with Crippen molar-refractivity contribution in [3.63, 3.8) is 0 Å². The molecule has 0 amide bonds. The van der Waals surface area contributed by atoms with Crippen LogP contribution in [-0.2, 0) is 0 Å². The first kappa shape index (κ1) is 8.87. The molecule has 0 aromatic heterocycles. The average Bonchev–Trinajstić information content (AvgIpc) is 2.03. The Kier molecular flexibility index (Phi) is 2.55. The highest BCUT2D eigenvalue weighted by molar-refractivity contribution is 5.38. The fourth-order valence-corrected chi connectivity index (χ4v) is 0.987. The summed E-state index contributed by atoms with van der Waals surface area (Å²) in [6, 6.07) is 4.90. The van der Waals surface area contributed by atoms with E-state index >= 15 is 0 Å². The second-order valence-corrected chi connectivity index (χ2v) is 2.75. The quantitative estimate of drug-likeness (QED) is 0.700. The zero-order valence-electron chi connectivity index (χ0n) is 7.24. The molecule has 1 rings (SSSR count). The van der Waals surface area contributed by atoms with Crippen LogP contribution in [-0.4, -0.2) is 12.2 Å². The molecule has 0 radical (unpaired) electrons. The fourth-order valence-electron chi connectivity index (χ4n) is 0.987. The van der Waals surface area contributed by atoms with Gasteiger partial charge in [0.05, 0.1) is 7.11 Å². The van der Waals surface area contributed by atoms with Crippen molar-refractivity contribution in [2.24, 2.45) is 5.73 Å². The van der Waals surface area contributed by atoms with Gasteiger partial charge in [-0.2, -0.15) is 0 Å². The molecular formula is C9H13NO2. The van der Waals surface area contributed by atoms with Gasteiger partial charge >= 0.3 is 0 Å². The zero-order valence-corrected chi connectivity index (χ0v) is 7.24. The third kappa shape index (κ3) is 1.89. The molecule has 1 unspecified atom stereocenters. The van der Waals surface area contributed by atoms with Crippen molar-refractivity contribution < 1.29 is 9.84 Å². The molecule has 1 aromatic rings. The third-order valence-electron chi connectivity index (χ3n) is 1.68. The zero-order chi connectivity index (χ0) is 9.14. The van der Waals surface area contributed by atoms with Gasteiger partial charge in [0.1, 0.15) is 11.5 Å². The maximum absolute atomic E-state index is 9.24. The van der Waals surface area contributed by atoms with E-state index in [2.05, 4.69) is 0 Å². The van der Waals surface area contributed by atoms with Crippen LogP contribution in [0.4, 0.5) is 0 Å². The van der Waals surface area contributed by atoms with E-state index in [9.17, 15) is 5.11 Å². The van der Waals surface area contributed by atoms with Crippen molar-refractivity contribution in [2.75, 3.05) is 7.11 Å². The summed E-state index contributed by atoms with van der Waals surface area (Å²) in [5.74, 6) is 0.809. The Labute approximate surface area is 71.8 Å². The molecular weight excluding hydrogens is 154 g/mol. The van der Waals surface area contributed by atoms with Crippen LogP contribution in [0.2, 0.25) is 0 Å². The van der Waals surface area contributed by atoms with Gasteiger partial charge in [-0.25, -0.2) is 0 Å². The number of phenols is 1. The Morgan fingerprint density at radius 2 is 2.08 bits per heavy atom. The highest BCUT2D eigenvalue weighted by atomic mass is 16.5. The molecule has 3 nitrogen and oxygen atoms in total. The summed E-state index contributed by atoms with van der Waals surface area (Å²) in [4.78, 5) is 0. The van der Waals surface area contributed by atoms with Gasteiger partial charge in [-0.15, -0.1) is 0 Å². The number of hydrogen-bond acceptors (Lipinski definition) is 3. The van der Waals surface area contributed by atoms with Crippen molar-refractivity contribution in [1.82, 2.24) is 0 Å². The van der Waals surface area contributed by atoms with E-state index in [1.165, 1.54) is 0 Å². The van der Waals surface area contributed by atoms with Crippen molar-refractivity contribution in [3.05, 3.63) is 23.8 Å². The number of nitrogens with two attached hydrogens (primary N) is 1. The Morgan fingerprint density at radius 3 is 2.58 bits per heavy atom. The lowest BCUT2D eigenvalue weighted by Crippen LogP contribution is -2.04. The molecule has 0 saturated heterocycles. The summed E-state index contributed by atoms with van der Waals surface area (Å²) in [6.07, 6.45) is 0. The second kappa shape index (κ2) is 3.45. The van der Waals surface area contributed by atoms with E-state index in [-0.39, 0.29) is 11.8 Å². The smallest absolute Gasteiger partial charge is 0.122 e. The minimum absolute atomic E-state index is 0.0917. The maximum Gasteiger partial charge on any atom is 0.122 e. The summed E-state index contributed by atoms with van der Waals surface area (Å²) in [5, 5.41) is 9.24. The normalized spacial score (nSPS) is 12.6. The highest BCUT2D eigenvalue weighted by Gasteiger charge is 2.03. The molecule has 0 saturated carbocycles. The molecule has 0 heterocycles. The Morgan fingerprint density at radius 1 is 1.42 bits per heavy atom. The van der Waals surface area contributed by atoms with Crippen LogP contribution < -0.4 is 10.5 Å². The van der Waals surface area contributed by atoms with Crippen LogP contribution >= 0.6 is 0 Å². The number of aromatic hydroxyl groups is 1. The Bertz CT molecular complexity index is 271. The fraction of sp³-hybridized carbons (Fsp3) is 0.333. The summed E-state index contributed by atoms with van der Waals surface area (Å²) < 4.78 is 4.97. The summed E-state index contributed by atoms with van der Waals surface area (Å²) in [7, 11) is 1.56. The highest BCUT2D eigenvalue weighted by Crippen LogP contribution is 2.24. The van der Waals surface area contributed by atoms with Crippen LogP contribution in [0.1, 0.15) is 18.5 Å². The van der Waals surface area contributed by atoms with Crippen molar-refractivity contribution in [1.29, 1.82) is 0 Å². The first-order chi connectivity index (χ1) is 5.63. The van der Waals surface area contributed by atoms with Crippen LogP contribution in [0, 0.1) is 0 Å². The largest absolute Gasteiger partial charge is 0.508 e. The number of rotatable bonds is 2. The molecule has 0 aliphatic carbocycles. The number of phenolic OH excluding ortho intramolecular Hbond substituents is 1. The van der Waals surface area contributed by atoms with Gasteiger partial charge in [-0.05, 0) is 24.6 Å². The standard InChI is InChI=1S/C9H13NO2/c1-6(10)7-3-8(11)5-9(4-7)12-2/h3-6,11H,10H2,1-2H3. The van der Waals surface area contributed by atoms with E-state index in [0.717, 1.165) is 5.56 Å². The monoisotopic (exact) mass is 167 g/mol. The Hall–Kier alpha value is -1.22. The van der Waals surface area contributed by atoms with Crippen LogP contribution in [0.15, 0.2) is 18.2 Å². The molecule has 0 aliphatic rings. The van der Waals surface area contributed by atoms with Crippen LogP contribution in [0.25, 0.3) is 0 Å². The molecule has 0 aliphatic heterocycles. The lowest BCUT2D eigenvalue weighted by molar-refractivity contribution is 0.406. The van der Waals surface area contributed by atoms with Gasteiger partial charge in [-0.3, -0.25) is 0 Å². The number of methoxy groups -OCH3 is 1. The number of hydrogen-bond donors (Lipinski definition) is 2. The van der Waals surface area contributed by atoms with E-state index in [4.69, 9.17) is 10.5 Å². The van der Waals surface area contributed by atoms with Crippen molar-refractivity contribution >= 4 is 0 Å². The van der Waals surface area contributed by atoms with E-state index in [0.29, 0.717) is 5.75 Å². The van der Waals surface area contributed by atoms with Crippen LogP contribution in [0.5, 0.6) is 11.5 Å². The first-order valence-corrected chi connectivity index (χ1v) is 3.77. The van der Waals surface area contributed by atoms with Gasteiger partial charge in [-0.1, -0.05) is 0 Å². The number of benzene rings is 1. The minimum Gasteiger partial charge on any atom is -0.508 e. The topological polar surface area (TPSA) is 55.5 Å². The van der Waals surface area contributed by atoms with Crippen molar-refractivity contribution in [2.45, 2.75) is 13.0 Å². The van der Waals surface area contributed by atoms with Gasteiger partial charge in [0.15, 0.2) is 0 Å². The molecule has 1 atom stereocenters. The predicted molar refractivity (Wildman–Crippen MR) is 47.3 cm³/mol. The summed E-state index contributed by atoms with van der Waals surface area (Å²) in [6.45, 7) is 1.86. The number of ether oxygens (including phenoxy) is 1. The van der Waals surface area contributed by atoms with Crippen molar-refractivity contribution in [3.8, 4) is 11.5 Å². The first-order valence-electron chi connectivity index (χ1n) is 3.77. The molecule has 3 N–H and O–H groups in total. The van der Waals surface area contributed by atoms with Crippen LogP contribution in [0.3, 0.4) is 0 Å². The van der Waals surface area contributed by atoms with E-state index < -0.39 is 0 Å². The molecule has 0 fully saturated rings. The summed E-state index contributed by atoms with van der Waals surface area (Å²) >= 11 is 0. The van der Waals surface area contributed by atoms with E-state index in [1.54, 1.807) is 19.2 Å². The molecule has 0 bridgehead atoms. The van der Waals surface area contributed by atoms with Gasteiger partial charge in [0.25, 0.3) is 0 Å². The molecule has 0 spiro atoms. The van der Waals surface area contributed by atoms with Gasteiger partial charge in [0.2, 0.25) is 0 Å². The summed E-state index contributed by atoms with van der Waals surface area (Å²) in [5.41, 5.74) is 6.51. The maximum atomic E-state index is 9.24. The lowest BCUT2D eigenvalue weighted by atomic mass is 10.1. The SMILES string of the molecule is COc1cc(O)cc(C(C)N)c1. The van der Waals surface area contributed by atoms with Gasteiger partial charge in [0, 0.05) is 12.1 Å². The Balaban J connectivity index is 3.06.